The van der Waals surface area contributed by atoms with Gasteiger partial charge in [-0.2, -0.15) is 0 Å². The lowest BCUT2D eigenvalue weighted by Gasteiger charge is -2.07. The number of benzene rings is 1. The summed E-state index contributed by atoms with van der Waals surface area (Å²) in [6, 6.07) is 8.74. The monoisotopic (exact) mass is 303 g/mol. The van der Waals surface area contributed by atoms with Gasteiger partial charge in [0.1, 0.15) is 0 Å². The molecule has 1 aromatic rings. The fraction of sp³-hybridized carbons (Fsp3) is 0.500. The molecule has 0 fully saturated rings. The molecule has 14 heavy (non-hydrogen) atoms. The summed E-state index contributed by atoms with van der Waals surface area (Å²) in [6.45, 7) is 6.67. The second kappa shape index (κ2) is 6.40. The summed E-state index contributed by atoms with van der Waals surface area (Å²) < 4.78 is 1.31. The molecular weight excluding hydrogens is 285 g/mol. The minimum absolute atomic E-state index is 0.742. The third-order valence-electron chi connectivity index (χ3n) is 2.06. The molecule has 1 rings (SSSR count). The SMILES string of the molecule is CC(C)CNCCc1ccc(I)cc1. The first-order valence-corrected chi connectivity index (χ1v) is 6.21. The molecule has 0 radical (unpaired) electrons. The van der Waals surface area contributed by atoms with E-state index in [0.29, 0.717) is 0 Å². The lowest BCUT2D eigenvalue weighted by Crippen LogP contribution is -2.22. The first-order valence-electron chi connectivity index (χ1n) is 5.13. The van der Waals surface area contributed by atoms with Crippen LogP contribution in [0.3, 0.4) is 0 Å². The number of nitrogens with one attached hydrogen (secondary N) is 1. The van der Waals surface area contributed by atoms with E-state index in [4.69, 9.17) is 0 Å². The standard InChI is InChI=1S/C12H18IN/c1-10(2)9-14-8-7-11-3-5-12(13)6-4-11/h3-6,10,14H,7-9H2,1-2H3. The second-order valence-corrected chi connectivity index (χ2v) is 5.22. The molecule has 1 nitrogen and oxygen atoms in total. The van der Waals surface area contributed by atoms with E-state index in [-0.39, 0.29) is 0 Å². The van der Waals surface area contributed by atoms with Crippen molar-refractivity contribution in [2.24, 2.45) is 5.92 Å². The molecule has 2 heteroatoms. The zero-order valence-corrected chi connectivity index (χ0v) is 11.0. The first kappa shape index (κ1) is 12.0. The van der Waals surface area contributed by atoms with Gasteiger partial charge in [0.05, 0.1) is 0 Å². The van der Waals surface area contributed by atoms with Crippen LogP contribution >= 0.6 is 22.6 Å². The minimum Gasteiger partial charge on any atom is -0.316 e. The van der Waals surface area contributed by atoms with Crippen LogP contribution in [0.15, 0.2) is 24.3 Å². The van der Waals surface area contributed by atoms with E-state index in [1.54, 1.807) is 0 Å². The molecule has 0 aliphatic heterocycles. The largest absolute Gasteiger partial charge is 0.316 e. The molecule has 0 aliphatic rings. The van der Waals surface area contributed by atoms with Gasteiger partial charge in [0.2, 0.25) is 0 Å². The molecule has 0 aliphatic carbocycles. The van der Waals surface area contributed by atoms with E-state index in [2.05, 4.69) is 66.0 Å². The molecule has 0 heterocycles. The van der Waals surface area contributed by atoms with Crippen LogP contribution in [0.25, 0.3) is 0 Å². The van der Waals surface area contributed by atoms with Crippen LogP contribution in [0, 0.1) is 9.49 Å². The van der Waals surface area contributed by atoms with Crippen molar-refractivity contribution in [1.82, 2.24) is 5.32 Å². The summed E-state index contributed by atoms with van der Waals surface area (Å²) in [5.74, 6) is 0.742. The molecule has 0 saturated carbocycles. The summed E-state index contributed by atoms with van der Waals surface area (Å²) >= 11 is 2.33. The van der Waals surface area contributed by atoms with E-state index in [1.165, 1.54) is 9.13 Å². The van der Waals surface area contributed by atoms with Gasteiger partial charge in [-0.25, -0.2) is 0 Å². The highest BCUT2D eigenvalue weighted by molar-refractivity contribution is 14.1. The Hall–Kier alpha value is -0.0900. The number of hydrogen-bond acceptors (Lipinski definition) is 1. The molecule has 0 saturated heterocycles. The molecule has 78 valence electrons. The van der Waals surface area contributed by atoms with E-state index >= 15 is 0 Å². The number of hydrogen-bond donors (Lipinski definition) is 1. The van der Waals surface area contributed by atoms with Gasteiger partial charge in [-0.3, -0.25) is 0 Å². The molecule has 0 aromatic heterocycles. The Morgan fingerprint density at radius 3 is 2.43 bits per heavy atom. The maximum absolute atomic E-state index is 3.45. The van der Waals surface area contributed by atoms with Crippen LogP contribution in [0.4, 0.5) is 0 Å². The van der Waals surface area contributed by atoms with Crippen molar-refractivity contribution >= 4 is 22.6 Å². The van der Waals surface area contributed by atoms with Gasteiger partial charge in [-0.1, -0.05) is 26.0 Å². The third-order valence-corrected chi connectivity index (χ3v) is 2.78. The second-order valence-electron chi connectivity index (χ2n) is 3.97. The van der Waals surface area contributed by atoms with Crippen LogP contribution in [-0.4, -0.2) is 13.1 Å². The highest BCUT2D eigenvalue weighted by Gasteiger charge is 1.94. The van der Waals surface area contributed by atoms with Gasteiger partial charge in [-0.15, -0.1) is 0 Å². The van der Waals surface area contributed by atoms with E-state index in [9.17, 15) is 0 Å². The van der Waals surface area contributed by atoms with Gasteiger partial charge in [0.15, 0.2) is 0 Å². The average molecular weight is 303 g/mol. The fourth-order valence-electron chi connectivity index (χ4n) is 1.27. The molecule has 0 bridgehead atoms. The van der Waals surface area contributed by atoms with Crippen molar-refractivity contribution < 1.29 is 0 Å². The summed E-state index contributed by atoms with van der Waals surface area (Å²) in [7, 11) is 0. The Balaban J connectivity index is 2.21. The van der Waals surface area contributed by atoms with Crippen molar-refractivity contribution in [3.8, 4) is 0 Å². The normalized spacial score (nSPS) is 10.9. The van der Waals surface area contributed by atoms with E-state index in [1.807, 2.05) is 0 Å². The predicted molar refractivity (Wildman–Crippen MR) is 70.6 cm³/mol. The van der Waals surface area contributed by atoms with Gasteiger partial charge < -0.3 is 5.32 Å². The maximum atomic E-state index is 3.45. The Bertz CT molecular complexity index is 254. The molecular formula is C12H18IN. The smallest absolute Gasteiger partial charge is 0.0130 e. The Morgan fingerprint density at radius 1 is 1.21 bits per heavy atom. The van der Waals surface area contributed by atoms with E-state index in [0.717, 1.165) is 25.4 Å². The lowest BCUT2D eigenvalue weighted by molar-refractivity contribution is 0.554. The highest BCUT2D eigenvalue weighted by Crippen LogP contribution is 2.06. The van der Waals surface area contributed by atoms with Crippen molar-refractivity contribution in [2.75, 3.05) is 13.1 Å². The van der Waals surface area contributed by atoms with Gasteiger partial charge in [0, 0.05) is 3.57 Å². The molecule has 1 N–H and O–H groups in total. The molecule has 1 aromatic carbocycles. The van der Waals surface area contributed by atoms with E-state index < -0.39 is 0 Å². The van der Waals surface area contributed by atoms with Crippen LogP contribution in [0.1, 0.15) is 19.4 Å². The quantitative estimate of drug-likeness (QED) is 0.651. The lowest BCUT2D eigenvalue weighted by atomic mass is 10.1. The zero-order valence-electron chi connectivity index (χ0n) is 8.89. The number of halogens is 1. The topological polar surface area (TPSA) is 12.0 Å². The van der Waals surface area contributed by atoms with Crippen molar-refractivity contribution in [1.29, 1.82) is 0 Å². The number of rotatable bonds is 5. The highest BCUT2D eigenvalue weighted by atomic mass is 127. The van der Waals surface area contributed by atoms with Crippen molar-refractivity contribution in [2.45, 2.75) is 20.3 Å². The fourth-order valence-corrected chi connectivity index (χ4v) is 1.63. The van der Waals surface area contributed by atoms with Crippen molar-refractivity contribution in [3.05, 3.63) is 33.4 Å². The summed E-state index contributed by atoms with van der Waals surface area (Å²) in [5, 5.41) is 3.45. The molecule has 0 atom stereocenters. The summed E-state index contributed by atoms with van der Waals surface area (Å²) in [5.41, 5.74) is 1.42. The third kappa shape index (κ3) is 4.96. The Labute approximate surface area is 100 Å². The van der Waals surface area contributed by atoms with Gasteiger partial charge in [0.25, 0.3) is 0 Å². The van der Waals surface area contributed by atoms with Crippen LogP contribution < -0.4 is 5.32 Å². The molecule has 0 amide bonds. The zero-order chi connectivity index (χ0) is 10.4. The first-order chi connectivity index (χ1) is 6.68. The minimum atomic E-state index is 0.742. The van der Waals surface area contributed by atoms with Crippen LogP contribution in [-0.2, 0) is 6.42 Å². The summed E-state index contributed by atoms with van der Waals surface area (Å²) in [4.78, 5) is 0. The van der Waals surface area contributed by atoms with Crippen LogP contribution in [0.5, 0.6) is 0 Å². The van der Waals surface area contributed by atoms with Crippen LogP contribution in [0.2, 0.25) is 0 Å². The maximum Gasteiger partial charge on any atom is 0.0130 e. The molecule has 0 unspecified atom stereocenters. The van der Waals surface area contributed by atoms with Crippen molar-refractivity contribution in [3.63, 3.8) is 0 Å². The Morgan fingerprint density at radius 2 is 1.86 bits per heavy atom. The van der Waals surface area contributed by atoms with Gasteiger partial charge in [-0.05, 0) is 65.7 Å². The molecule has 0 spiro atoms. The predicted octanol–water partition coefficient (Wildman–Crippen LogP) is 3.08. The van der Waals surface area contributed by atoms with Gasteiger partial charge >= 0.3 is 0 Å². The average Bonchev–Trinajstić information content (AvgIpc) is 2.15. The Kier molecular flexibility index (Phi) is 5.48. The summed E-state index contributed by atoms with van der Waals surface area (Å²) in [6.07, 6.45) is 1.13.